The number of halogens is 2. The lowest BCUT2D eigenvalue weighted by Gasteiger charge is -2.37. The van der Waals surface area contributed by atoms with Gasteiger partial charge in [0, 0.05) is 22.6 Å². The lowest BCUT2D eigenvalue weighted by molar-refractivity contribution is 0.279. The van der Waals surface area contributed by atoms with Gasteiger partial charge in [0.25, 0.3) is 0 Å². The first-order chi connectivity index (χ1) is 11.4. The van der Waals surface area contributed by atoms with E-state index in [1.807, 2.05) is 37.3 Å². The summed E-state index contributed by atoms with van der Waals surface area (Å²) in [4.78, 5) is 0. The number of hydrogen-bond donors (Lipinski definition) is 0. The molecule has 1 aliphatic rings. The number of nitrogens with zero attached hydrogens (tertiary/aromatic N) is 1. The zero-order valence-corrected chi connectivity index (χ0v) is 15.7. The van der Waals surface area contributed by atoms with E-state index in [-0.39, 0.29) is 12.6 Å². The summed E-state index contributed by atoms with van der Waals surface area (Å²) in [5.74, 6) is -0.395. The van der Waals surface area contributed by atoms with Crippen molar-refractivity contribution < 1.29 is 12.8 Å². The molecule has 128 valence electrons. The van der Waals surface area contributed by atoms with Crippen molar-refractivity contribution in [1.82, 2.24) is 4.31 Å². The monoisotopic (exact) mass is 411 g/mol. The average Bonchev–Trinajstić information content (AvgIpc) is 2.53. The van der Waals surface area contributed by atoms with E-state index in [9.17, 15) is 12.8 Å². The molecule has 3 rings (SSSR count). The van der Waals surface area contributed by atoms with Crippen LogP contribution in [0.4, 0.5) is 4.39 Å². The molecule has 0 N–H and O–H groups in total. The highest BCUT2D eigenvalue weighted by molar-refractivity contribution is 9.10. The van der Waals surface area contributed by atoms with E-state index in [2.05, 4.69) is 15.9 Å². The molecular formula is C18H19BrFNO2S. The molecule has 1 aliphatic heterocycles. The molecule has 2 aromatic rings. The van der Waals surface area contributed by atoms with Gasteiger partial charge in [0.05, 0.1) is 0 Å². The van der Waals surface area contributed by atoms with Crippen molar-refractivity contribution in [3.05, 3.63) is 69.9 Å². The molecule has 1 saturated heterocycles. The lowest BCUT2D eigenvalue weighted by Crippen LogP contribution is -2.44. The van der Waals surface area contributed by atoms with Gasteiger partial charge in [-0.15, -0.1) is 0 Å². The number of sulfonamides is 1. The quantitative estimate of drug-likeness (QED) is 0.737. The maximum absolute atomic E-state index is 14.2. The van der Waals surface area contributed by atoms with Crippen molar-refractivity contribution in [3.63, 3.8) is 0 Å². The van der Waals surface area contributed by atoms with Gasteiger partial charge in [0.1, 0.15) is 11.1 Å². The van der Waals surface area contributed by atoms with Crippen LogP contribution < -0.4 is 0 Å². The fraction of sp³-hybridized carbons (Fsp3) is 0.333. The number of rotatable bonds is 3. The molecule has 0 amide bonds. The Balaban J connectivity index is 1.93. The second-order valence-electron chi connectivity index (χ2n) is 6.15. The van der Waals surface area contributed by atoms with Gasteiger partial charge in [0.2, 0.25) is 10.0 Å². The maximum atomic E-state index is 14.2. The molecule has 2 aromatic carbocycles. The summed E-state index contributed by atoms with van der Waals surface area (Å²) in [6.45, 7) is 1.95. The Labute approximate surface area is 150 Å². The van der Waals surface area contributed by atoms with Crippen LogP contribution in [-0.2, 0) is 16.6 Å². The van der Waals surface area contributed by atoms with Crippen molar-refractivity contribution in [1.29, 1.82) is 0 Å². The number of benzene rings is 2. The SMILES string of the molecule is C[C@H]1CC[C@H](c2ccccc2)S(=O)(=O)N1Cc1ccc(Br)cc1F. The van der Waals surface area contributed by atoms with Gasteiger partial charge in [0.15, 0.2) is 0 Å². The molecule has 0 saturated carbocycles. The van der Waals surface area contributed by atoms with E-state index in [1.54, 1.807) is 12.1 Å². The van der Waals surface area contributed by atoms with Crippen LogP contribution in [0, 0.1) is 5.82 Å². The molecule has 0 aliphatic carbocycles. The molecule has 0 unspecified atom stereocenters. The van der Waals surface area contributed by atoms with Gasteiger partial charge in [-0.05, 0) is 37.5 Å². The van der Waals surface area contributed by atoms with Crippen LogP contribution in [0.5, 0.6) is 0 Å². The highest BCUT2D eigenvalue weighted by atomic mass is 79.9. The summed E-state index contributed by atoms with van der Waals surface area (Å²) in [7, 11) is -3.54. The van der Waals surface area contributed by atoms with Gasteiger partial charge in [-0.1, -0.05) is 52.3 Å². The highest BCUT2D eigenvalue weighted by Crippen LogP contribution is 2.38. The van der Waals surface area contributed by atoms with E-state index in [0.29, 0.717) is 16.5 Å². The third-order valence-electron chi connectivity index (χ3n) is 4.54. The van der Waals surface area contributed by atoms with Crippen molar-refractivity contribution in [2.75, 3.05) is 0 Å². The van der Waals surface area contributed by atoms with Crippen molar-refractivity contribution in [2.45, 2.75) is 37.6 Å². The fourth-order valence-corrected chi connectivity index (χ4v) is 5.69. The molecule has 0 aromatic heterocycles. The Morgan fingerprint density at radius 2 is 1.88 bits per heavy atom. The van der Waals surface area contributed by atoms with E-state index >= 15 is 0 Å². The first kappa shape index (κ1) is 17.6. The minimum atomic E-state index is -3.54. The summed E-state index contributed by atoms with van der Waals surface area (Å²) in [6, 6.07) is 13.8. The van der Waals surface area contributed by atoms with Crippen LogP contribution >= 0.6 is 15.9 Å². The average molecular weight is 412 g/mol. The zero-order chi connectivity index (χ0) is 17.3. The minimum absolute atomic E-state index is 0.0615. The third kappa shape index (κ3) is 3.41. The van der Waals surface area contributed by atoms with Gasteiger partial charge in [-0.2, -0.15) is 4.31 Å². The summed E-state index contributed by atoms with van der Waals surface area (Å²) in [5.41, 5.74) is 1.19. The highest BCUT2D eigenvalue weighted by Gasteiger charge is 2.40. The summed E-state index contributed by atoms with van der Waals surface area (Å²) < 4.78 is 42.4. The van der Waals surface area contributed by atoms with Crippen LogP contribution in [0.15, 0.2) is 53.0 Å². The molecule has 2 atom stereocenters. The summed E-state index contributed by atoms with van der Waals surface area (Å²) >= 11 is 3.22. The molecule has 0 spiro atoms. The molecule has 0 radical (unpaired) electrons. The van der Waals surface area contributed by atoms with Crippen molar-refractivity contribution in [3.8, 4) is 0 Å². The second-order valence-corrected chi connectivity index (χ2v) is 9.14. The van der Waals surface area contributed by atoms with Gasteiger partial charge in [-0.3, -0.25) is 0 Å². The van der Waals surface area contributed by atoms with E-state index in [4.69, 9.17) is 0 Å². The number of hydrogen-bond acceptors (Lipinski definition) is 2. The van der Waals surface area contributed by atoms with E-state index in [1.165, 1.54) is 10.4 Å². The molecule has 1 fully saturated rings. The zero-order valence-electron chi connectivity index (χ0n) is 13.3. The Morgan fingerprint density at radius 1 is 1.17 bits per heavy atom. The van der Waals surface area contributed by atoms with E-state index in [0.717, 1.165) is 12.0 Å². The predicted octanol–water partition coefficient (Wildman–Crippen LogP) is 4.64. The standard InChI is InChI=1S/C18H19BrFNO2S/c1-13-7-10-18(14-5-3-2-4-6-14)24(22,23)21(13)12-15-8-9-16(19)11-17(15)20/h2-6,8-9,11,13,18H,7,10,12H2,1H3/t13-,18+/m0/s1. The van der Waals surface area contributed by atoms with Crippen LogP contribution in [0.25, 0.3) is 0 Å². The Hall–Kier alpha value is -1.24. The smallest absolute Gasteiger partial charge is 0.212 e. The molecule has 3 nitrogen and oxygen atoms in total. The van der Waals surface area contributed by atoms with Crippen LogP contribution in [0.3, 0.4) is 0 Å². The summed E-state index contributed by atoms with van der Waals surface area (Å²) in [5, 5.41) is -0.562. The first-order valence-corrected chi connectivity index (χ1v) is 10.2. The maximum Gasteiger partial charge on any atom is 0.221 e. The van der Waals surface area contributed by atoms with Gasteiger partial charge >= 0.3 is 0 Å². The Kier molecular flexibility index (Phi) is 5.08. The van der Waals surface area contributed by atoms with Crippen LogP contribution in [-0.4, -0.2) is 18.8 Å². The molecule has 24 heavy (non-hydrogen) atoms. The normalized spacial score (nSPS) is 24.0. The van der Waals surface area contributed by atoms with Crippen molar-refractivity contribution >= 4 is 26.0 Å². The largest absolute Gasteiger partial charge is 0.221 e. The Morgan fingerprint density at radius 3 is 2.54 bits per heavy atom. The predicted molar refractivity (Wildman–Crippen MR) is 96.4 cm³/mol. The van der Waals surface area contributed by atoms with Crippen LogP contribution in [0.2, 0.25) is 0 Å². The molecule has 0 bridgehead atoms. The summed E-state index contributed by atoms with van der Waals surface area (Å²) in [6.07, 6.45) is 1.35. The second kappa shape index (κ2) is 6.94. The third-order valence-corrected chi connectivity index (χ3v) is 7.40. The minimum Gasteiger partial charge on any atom is -0.212 e. The molecular weight excluding hydrogens is 393 g/mol. The first-order valence-electron chi connectivity index (χ1n) is 7.89. The van der Waals surface area contributed by atoms with Gasteiger partial charge < -0.3 is 0 Å². The fourth-order valence-electron chi connectivity index (χ4n) is 3.17. The molecule has 1 heterocycles. The van der Waals surface area contributed by atoms with Crippen molar-refractivity contribution in [2.24, 2.45) is 0 Å². The van der Waals surface area contributed by atoms with Gasteiger partial charge in [-0.25, -0.2) is 12.8 Å². The van der Waals surface area contributed by atoms with E-state index < -0.39 is 21.1 Å². The van der Waals surface area contributed by atoms with Crippen LogP contribution in [0.1, 0.15) is 36.1 Å². The molecule has 6 heteroatoms. The lowest BCUT2D eigenvalue weighted by atomic mass is 10.0. The topological polar surface area (TPSA) is 37.4 Å². The Bertz CT molecular complexity index is 826.